The molecule has 0 radical (unpaired) electrons. The second-order valence-electron chi connectivity index (χ2n) is 20.0. The number of nitrogens with one attached hydrogen (secondary N) is 1. The molecule has 1 amide bonds. The molecule has 2 bridgehead atoms. The van der Waals surface area contributed by atoms with Gasteiger partial charge in [0, 0.05) is 29.5 Å². The molecule has 4 N–H and O–H groups in total. The molecule has 54 heavy (non-hydrogen) atoms. The van der Waals surface area contributed by atoms with Gasteiger partial charge in [0.05, 0.1) is 44.5 Å². The van der Waals surface area contributed by atoms with Crippen LogP contribution < -0.4 is 11.1 Å². The monoisotopic (exact) mass is 754 g/mol. The first kappa shape index (κ1) is 41.3. The second-order valence-corrected chi connectivity index (χ2v) is 20.0. The molecule has 3 saturated carbocycles. The molecule has 4 fully saturated rings. The molecule has 2 heterocycles. The van der Waals surface area contributed by atoms with Gasteiger partial charge in [-0.25, -0.2) is 9.67 Å². The van der Waals surface area contributed by atoms with E-state index >= 15 is 0 Å². The summed E-state index contributed by atoms with van der Waals surface area (Å²) >= 11 is 0. The zero-order valence-corrected chi connectivity index (χ0v) is 35.2. The maximum atomic E-state index is 13.5. The number of aliphatic carboxylic acids is 1. The Kier molecular flexibility index (Phi) is 11.1. The molecule has 4 aliphatic carbocycles. The molecular weight excluding hydrogens is 683 g/mol. The summed E-state index contributed by atoms with van der Waals surface area (Å²) in [5, 5.41) is 18.8. The summed E-state index contributed by atoms with van der Waals surface area (Å²) in [5.74, 6) is 0.145. The van der Waals surface area contributed by atoms with Crippen molar-refractivity contribution in [1.82, 2.24) is 20.1 Å². The molecule has 12 atom stereocenters. The minimum Gasteiger partial charge on any atom is -0.481 e. The quantitative estimate of drug-likeness (QED) is 0.144. The third-order valence-electron chi connectivity index (χ3n) is 16.8. The molecule has 1 aromatic rings. The minimum absolute atomic E-state index is 0.129. The highest BCUT2D eigenvalue weighted by Gasteiger charge is 2.72. The van der Waals surface area contributed by atoms with Crippen LogP contribution in [0.3, 0.4) is 0 Å². The third kappa shape index (κ3) is 6.30. The topological polar surface area (TPSA) is 151 Å². The Labute approximate surface area is 324 Å². The fourth-order valence-corrected chi connectivity index (χ4v) is 12.6. The highest BCUT2D eigenvalue weighted by Crippen LogP contribution is 2.75. The molecule has 0 spiro atoms. The lowest BCUT2D eigenvalue weighted by molar-refractivity contribution is -0.252. The summed E-state index contributed by atoms with van der Waals surface area (Å²) in [7, 11) is 0. The minimum atomic E-state index is -0.648. The van der Waals surface area contributed by atoms with Crippen molar-refractivity contribution in [3.63, 3.8) is 0 Å². The summed E-state index contributed by atoms with van der Waals surface area (Å²) in [5.41, 5.74) is 6.22. The van der Waals surface area contributed by atoms with Crippen molar-refractivity contribution in [2.45, 2.75) is 132 Å². The molecular formula is C43H71N5O6. The standard InChI is InChI=1S/C43H71N5O6/c1-12-52-20-19-45-36(49)35-46-25-48(47-35)31-21-43-24-53-22-39(8,34(31)54-23-42(11,44)27(4)5)32(43)14-13-29-30(43)15-16-41(10)33(37(50)51)38(7,28(6)26(2)3)17-18-40(29,41)9/h15,25-29,31-34H,12-14,16-24,44H2,1-11H3,(H,45,49)(H,50,51)/t28-,29+,31-,32+,33-,34+,38-,39+,40-,41+,42+,43?/m1/s1. The van der Waals surface area contributed by atoms with Gasteiger partial charge in [-0.05, 0) is 98.2 Å². The van der Waals surface area contributed by atoms with Gasteiger partial charge >= 0.3 is 5.97 Å². The summed E-state index contributed by atoms with van der Waals surface area (Å²) in [6.45, 7) is 27.3. The Morgan fingerprint density at radius 3 is 2.48 bits per heavy atom. The van der Waals surface area contributed by atoms with Gasteiger partial charge in [-0.15, -0.1) is 5.10 Å². The van der Waals surface area contributed by atoms with E-state index in [4.69, 9.17) is 25.0 Å². The van der Waals surface area contributed by atoms with Gasteiger partial charge in [0.25, 0.3) is 5.91 Å². The fourth-order valence-electron chi connectivity index (χ4n) is 12.6. The van der Waals surface area contributed by atoms with Crippen molar-refractivity contribution in [1.29, 1.82) is 0 Å². The normalized spacial score (nSPS) is 40.6. The molecule has 1 aliphatic heterocycles. The van der Waals surface area contributed by atoms with Gasteiger partial charge in [0.15, 0.2) is 0 Å². The van der Waals surface area contributed by atoms with E-state index in [2.05, 4.69) is 85.6 Å². The number of hydrogen-bond donors (Lipinski definition) is 3. The van der Waals surface area contributed by atoms with Gasteiger partial charge in [-0.2, -0.15) is 0 Å². The lowest BCUT2D eigenvalue weighted by Gasteiger charge is -2.71. The first-order valence-electron chi connectivity index (χ1n) is 20.9. The van der Waals surface area contributed by atoms with Crippen molar-refractivity contribution < 1.29 is 28.9 Å². The first-order valence-corrected chi connectivity index (χ1v) is 20.9. The summed E-state index contributed by atoms with van der Waals surface area (Å²) in [6.07, 6.45) is 9.32. The van der Waals surface area contributed by atoms with Crippen molar-refractivity contribution in [2.24, 2.45) is 68.3 Å². The molecule has 6 rings (SSSR count). The molecule has 304 valence electrons. The van der Waals surface area contributed by atoms with E-state index in [0.29, 0.717) is 51.4 Å². The molecule has 1 unspecified atom stereocenters. The van der Waals surface area contributed by atoms with Gasteiger partial charge in [0.1, 0.15) is 6.33 Å². The number of rotatable bonds is 13. The van der Waals surface area contributed by atoms with Crippen molar-refractivity contribution in [2.75, 3.05) is 39.6 Å². The van der Waals surface area contributed by atoms with Crippen LogP contribution in [-0.4, -0.2) is 83.0 Å². The summed E-state index contributed by atoms with van der Waals surface area (Å²) in [6, 6.07) is -0.218. The number of amides is 1. The maximum absolute atomic E-state index is 13.5. The number of carbonyl (C=O) groups excluding carboxylic acids is 1. The highest BCUT2D eigenvalue weighted by molar-refractivity contribution is 5.90. The van der Waals surface area contributed by atoms with Crippen LogP contribution in [0.2, 0.25) is 0 Å². The number of hydrogen-bond acceptors (Lipinski definition) is 8. The van der Waals surface area contributed by atoms with Crippen LogP contribution in [0.25, 0.3) is 0 Å². The van der Waals surface area contributed by atoms with Crippen LogP contribution in [0.4, 0.5) is 0 Å². The van der Waals surface area contributed by atoms with Gasteiger partial charge < -0.3 is 30.4 Å². The third-order valence-corrected chi connectivity index (χ3v) is 16.8. The molecule has 1 saturated heterocycles. The Hall–Kier alpha value is -2.34. The van der Waals surface area contributed by atoms with E-state index in [9.17, 15) is 14.7 Å². The van der Waals surface area contributed by atoms with E-state index in [1.54, 1.807) is 6.33 Å². The molecule has 1 aromatic heterocycles. The zero-order chi connectivity index (χ0) is 39.6. The summed E-state index contributed by atoms with van der Waals surface area (Å²) < 4.78 is 21.1. The van der Waals surface area contributed by atoms with Crippen LogP contribution >= 0.6 is 0 Å². The van der Waals surface area contributed by atoms with Crippen LogP contribution in [0.5, 0.6) is 0 Å². The number of carboxylic acid groups (broad SMARTS) is 1. The average molecular weight is 754 g/mol. The Balaban J connectivity index is 1.42. The number of allylic oxidation sites excluding steroid dienone is 1. The fraction of sp³-hybridized carbons (Fsp3) is 0.860. The molecule has 0 aromatic carbocycles. The van der Waals surface area contributed by atoms with Crippen LogP contribution in [0, 0.1) is 62.6 Å². The number of carbonyl (C=O) groups is 2. The molecule has 11 nitrogen and oxygen atoms in total. The molecule has 11 heteroatoms. The van der Waals surface area contributed by atoms with Gasteiger partial charge in [-0.1, -0.05) is 74.0 Å². The zero-order valence-electron chi connectivity index (χ0n) is 35.2. The Morgan fingerprint density at radius 2 is 1.83 bits per heavy atom. The number of ether oxygens (including phenoxy) is 3. The maximum Gasteiger partial charge on any atom is 0.307 e. The van der Waals surface area contributed by atoms with Crippen molar-refractivity contribution >= 4 is 11.9 Å². The Morgan fingerprint density at radius 1 is 1.11 bits per heavy atom. The Bertz CT molecular complexity index is 1590. The van der Waals surface area contributed by atoms with Gasteiger partial charge in [-0.3, -0.25) is 9.59 Å². The summed E-state index contributed by atoms with van der Waals surface area (Å²) in [4.78, 5) is 31.2. The predicted octanol–water partition coefficient (Wildman–Crippen LogP) is 6.93. The lowest BCUT2D eigenvalue weighted by atomic mass is 9.34. The number of fused-ring (bicyclic) bond motifs is 3. The van der Waals surface area contributed by atoms with Crippen molar-refractivity contribution in [3.8, 4) is 0 Å². The number of carboxylic acids is 1. The molecule has 5 aliphatic rings. The first-order chi connectivity index (χ1) is 25.2. The van der Waals surface area contributed by atoms with E-state index in [-0.39, 0.29) is 63.3 Å². The average Bonchev–Trinajstić information content (AvgIpc) is 3.60. The van der Waals surface area contributed by atoms with E-state index in [1.807, 2.05) is 11.6 Å². The highest BCUT2D eigenvalue weighted by atomic mass is 16.5. The van der Waals surface area contributed by atoms with E-state index in [1.165, 1.54) is 5.57 Å². The number of nitrogens with two attached hydrogens (primary N) is 1. The van der Waals surface area contributed by atoms with Crippen LogP contribution in [0.1, 0.15) is 131 Å². The van der Waals surface area contributed by atoms with Gasteiger partial charge in [0.2, 0.25) is 5.82 Å². The van der Waals surface area contributed by atoms with E-state index < -0.39 is 22.8 Å². The van der Waals surface area contributed by atoms with Crippen molar-refractivity contribution in [3.05, 3.63) is 23.8 Å². The number of nitrogens with zero attached hydrogens (tertiary/aromatic N) is 3. The smallest absolute Gasteiger partial charge is 0.307 e. The SMILES string of the molecule is CCOCCNC(=O)c1ncn([C@@H]2CC34COC[C@@](C)([C@@H]3CC[C@H]3C4=CC[C@@]4(C)[C@H](C(=O)O)[C@@](C)([C@H](C)C(C)C)CC[C@]34C)[C@H]2OC[C@](C)(N)C(C)C)n1. The van der Waals surface area contributed by atoms with Crippen LogP contribution in [0.15, 0.2) is 18.0 Å². The predicted molar refractivity (Wildman–Crippen MR) is 209 cm³/mol. The second kappa shape index (κ2) is 14.6. The van der Waals surface area contributed by atoms with Crippen LogP contribution in [-0.2, 0) is 19.0 Å². The van der Waals surface area contributed by atoms with E-state index in [0.717, 1.165) is 38.5 Å². The largest absolute Gasteiger partial charge is 0.481 e. The lowest BCUT2D eigenvalue weighted by Crippen LogP contribution is -2.69. The number of aromatic nitrogens is 3.